The van der Waals surface area contributed by atoms with Crippen LogP contribution in [0.25, 0.3) is 11.0 Å². The highest BCUT2D eigenvalue weighted by Crippen LogP contribution is 2.40. The molecule has 1 unspecified atom stereocenters. The molecule has 5 rings (SSSR count). The normalized spacial score (nSPS) is 15.9. The summed E-state index contributed by atoms with van der Waals surface area (Å²) in [6.45, 7) is 1.95. The quantitative estimate of drug-likeness (QED) is 0.396. The number of ketones is 1. The lowest BCUT2D eigenvalue weighted by Crippen LogP contribution is -2.28. The van der Waals surface area contributed by atoms with Crippen LogP contribution in [-0.4, -0.2) is 15.3 Å². The molecule has 2 heterocycles. The molecule has 1 aromatic heterocycles. The van der Waals surface area contributed by atoms with E-state index < -0.39 is 0 Å². The molecule has 0 aliphatic carbocycles. The molecule has 4 nitrogen and oxygen atoms in total. The number of carbonyl (C=O) groups excluding carboxylic acids is 1. The number of imidazole rings is 1. The van der Waals surface area contributed by atoms with Crippen LogP contribution in [0.4, 0.5) is 5.95 Å². The fraction of sp³-hybridized carbons (Fsp3) is 0.0833. The van der Waals surface area contributed by atoms with E-state index >= 15 is 0 Å². The van der Waals surface area contributed by atoms with Crippen LogP contribution < -0.4 is 5.32 Å². The number of hydrogen-bond acceptors (Lipinski definition) is 3. The Labute approximate surface area is 177 Å². The highest BCUT2D eigenvalue weighted by atomic mass is 79.9. The SMILES string of the molecule is CC1=C(C(=O)c2ccccc2)C(c2cccc(Br)c2)n2c(nc3ccccc32)N1. The highest BCUT2D eigenvalue weighted by Gasteiger charge is 2.34. The lowest BCUT2D eigenvalue weighted by Gasteiger charge is -2.31. The molecular formula is C24H18BrN3O. The summed E-state index contributed by atoms with van der Waals surface area (Å²) in [5, 5.41) is 3.36. The zero-order chi connectivity index (χ0) is 20.0. The monoisotopic (exact) mass is 443 g/mol. The van der Waals surface area contributed by atoms with E-state index in [-0.39, 0.29) is 11.8 Å². The topological polar surface area (TPSA) is 46.9 Å². The van der Waals surface area contributed by atoms with Crippen LogP contribution in [0.2, 0.25) is 0 Å². The van der Waals surface area contributed by atoms with E-state index in [1.54, 1.807) is 0 Å². The summed E-state index contributed by atoms with van der Waals surface area (Å²) in [5.41, 5.74) is 5.15. The van der Waals surface area contributed by atoms with Gasteiger partial charge in [0.1, 0.15) is 0 Å². The summed E-state index contributed by atoms with van der Waals surface area (Å²) >= 11 is 3.58. The van der Waals surface area contributed by atoms with Gasteiger partial charge < -0.3 is 5.32 Å². The number of para-hydroxylation sites is 2. The average Bonchev–Trinajstić information content (AvgIpc) is 3.10. The fourth-order valence-electron chi connectivity index (χ4n) is 4.00. The van der Waals surface area contributed by atoms with Crippen molar-refractivity contribution in [2.45, 2.75) is 13.0 Å². The second-order valence-corrected chi connectivity index (χ2v) is 8.03. The largest absolute Gasteiger partial charge is 0.329 e. The van der Waals surface area contributed by atoms with Crippen molar-refractivity contribution in [3.8, 4) is 0 Å². The van der Waals surface area contributed by atoms with Crippen molar-refractivity contribution < 1.29 is 4.79 Å². The number of nitrogens with one attached hydrogen (secondary N) is 1. The second-order valence-electron chi connectivity index (χ2n) is 7.11. The third kappa shape index (κ3) is 2.98. The Morgan fingerprint density at radius 2 is 1.76 bits per heavy atom. The maximum atomic E-state index is 13.6. The van der Waals surface area contributed by atoms with Gasteiger partial charge in [0.15, 0.2) is 5.78 Å². The molecule has 5 heteroatoms. The van der Waals surface area contributed by atoms with Gasteiger partial charge in [-0.3, -0.25) is 9.36 Å². The standard InChI is InChI=1S/C24H18BrN3O/c1-15-21(23(29)16-8-3-2-4-9-16)22(17-10-7-11-18(25)14-17)28-20-13-6-5-12-19(20)27-24(28)26-15/h2-14,22H,1H3,(H,26,27). The van der Waals surface area contributed by atoms with E-state index in [2.05, 4.69) is 37.9 Å². The molecule has 29 heavy (non-hydrogen) atoms. The summed E-state index contributed by atoms with van der Waals surface area (Å²) in [7, 11) is 0. The molecule has 1 atom stereocenters. The summed E-state index contributed by atoms with van der Waals surface area (Å²) in [5.74, 6) is 0.766. The first-order valence-electron chi connectivity index (χ1n) is 9.43. The third-order valence-electron chi connectivity index (χ3n) is 5.28. The molecule has 1 N–H and O–H groups in total. The van der Waals surface area contributed by atoms with E-state index in [1.165, 1.54) is 0 Å². The van der Waals surface area contributed by atoms with Gasteiger partial charge in [0.05, 0.1) is 17.1 Å². The first-order valence-corrected chi connectivity index (χ1v) is 10.2. The van der Waals surface area contributed by atoms with Gasteiger partial charge in [-0.15, -0.1) is 0 Å². The van der Waals surface area contributed by atoms with Crippen LogP contribution in [0, 0.1) is 0 Å². The molecule has 0 bridgehead atoms. The lowest BCUT2D eigenvalue weighted by molar-refractivity contribution is 0.102. The van der Waals surface area contributed by atoms with Crippen LogP contribution in [0.15, 0.2) is 94.6 Å². The van der Waals surface area contributed by atoms with Gasteiger partial charge in [0, 0.05) is 21.3 Å². The fourth-order valence-corrected chi connectivity index (χ4v) is 4.41. The number of benzene rings is 3. The number of fused-ring (bicyclic) bond motifs is 3. The molecule has 0 amide bonds. The van der Waals surface area contributed by atoms with Crippen molar-refractivity contribution in [1.29, 1.82) is 0 Å². The maximum absolute atomic E-state index is 13.6. The van der Waals surface area contributed by atoms with Crippen LogP contribution in [0.3, 0.4) is 0 Å². The Morgan fingerprint density at radius 1 is 1.00 bits per heavy atom. The van der Waals surface area contributed by atoms with E-state index in [0.717, 1.165) is 38.3 Å². The Kier molecular flexibility index (Phi) is 4.32. The number of aromatic nitrogens is 2. The first-order chi connectivity index (χ1) is 14.1. The van der Waals surface area contributed by atoms with E-state index in [4.69, 9.17) is 4.98 Å². The van der Waals surface area contributed by atoms with Gasteiger partial charge in [-0.2, -0.15) is 0 Å². The van der Waals surface area contributed by atoms with Gasteiger partial charge >= 0.3 is 0 Å². The molecule has 4 aromatic rings. The van der Waals surface area contributed by atoms with Crippen molar-refractivity contribution >= 4 is 38.7 Å². The predicted molar refractivity (Wildman–Crippen MR) is 119 cm³/mol. The smallest absolute Gasteiger partial charge is 0.209 e. The first kappa shape index (κ1) is 17.9. The summed E-state index contributed by atoms with van der Waals surface area (Å²) < 4.78 is 3.10. The number of rotatable bonds is 3. The lowest BCUT2D eigenvalue weighted by atomic mass is 9.89. The van der Waals surface area contributed by atoms with Crippen molar-refractivity contribution in [2.24, 2.45) is 0 Å². The number of carbonyl (C=O) groups is 1. The predicted octanol–water partition coefficient (Wildman–Crippen LogP) is 5.97. The minimum atomic E-state index is -0.274. The van der Waals surface area contributed by atoms with E-state index in [1.807, 2.05) is 73.7 Å². The number of anilines is 1. The second kappa shape index (κ2) is 7.01. The van der Waals surface area contributed by atoms with Crippen LogP contribution in [0.1, 0.15) is 28.9 Å². The van der Waals surface area contributed by atoms with Crippen molar-refractivity contribution in [3.05, 3.63) is 106 Å². The molecule has 0 radical (unpaired) electrons. The summed E-state index contributed by atoms with van der Waals surface area (Å²) in [6, 6.07) is 25.3. The van der Waals surface area contributed by atoms with Crippen LogP contribution in [-0.2, 0) is 0 Å². The van der Waals surface area contributed by atoms with Crippen LogP contribution in [0.5, 0.6) is 0 Å². The molecule has 3 aromatic carbocycles. The Morgan fingerprint density at radius 3 is 2.55 bits per heavy atom. The number of nitrogens with zero attached hydrogens (tertiary/aromatic N) is 2. The summed E-state index contributed by atoms with van der Waals surface area (Å²) in [4.78, 5) is 18.4. The highest BCUT2D eigenvalue weighted by molar-refractivity contribution is 9.10. The summed E-state index contributed by atoms with van der Waals surface area (Å²) in [6.07, 6.45) is 0. The third-order valence-corrected chi connectivity index (χ3v) is 5.77. The zero-order valence-electron chi connectivity index (χ0n) is 15.8. The van der Waals surface area contributed by atoms with Gasteiger partial charge in [-0.1, -0.05) is 70.5 Å². The minimum absolute atomic E-state index is 0.0176. The van der Waals surface area contributed by atoms with Gasteiger partial charge in [0.25, 0.3) is 0 Å². The average molecular weight is 444 g/mol. The Balaban J connectivity index is 1.78. The van der Waals surface area contributed by atoms with Crippen molar-refractivity contribution in [3.63, 3.8) is 0 Å². The molecule has 142 valence electrons. The molecule has 1 aliphatic rings. The number of halogens is 1. The van der Waals surface area contributed by atoms with Crippen molar-refractivity contribution in [1.82, 2.24) is 9.55 Å². The Bertz CT molecular complexity index is 1270. The zero-order valence-corrected chi connectivity index (χ0v) is 17.3. The van der Waals surface area contributed by atoms with E-state index in [0.29, 0.717) is 5.56 Å². The number of hydrogen-bond donors (Lipinski definition) is 1. The number of Topliss-reactive ketones (excluding diaryl/α,β-unsaturated/α-hetero) is 1. The van der Waals surface area contributed by atoms with Gasteiger partial charge in [-0.05, 0) is 36.8 Å². The molecular weight excluding hydrogens is 426 g/mol. The van der Waals surface area contributed by atoms with Crippen molar-refractivity contribution in [2.75, 3.05) is 5.32 Å². The van der Waals surface area contributed by atoms with Gasteiger partial charge in [0.2, 0.25) is 5.95 Å². The Hall–Kier alpha value is -3.18. The number of allylic oxidation sites excluding steroid dienone is 2. The minimum Gasteiger partial charge on any atom is -0.329 e. The van der Waals surface area contributed by atoms with Crippen LogP contribution >= 0.6 is 15.9 Å². The molecule has 1 aliphatic heterocycles. The molecule has 0 fully saturated rings. The molecule has 0 spiro atoms. The van der Waals surface area contributed by atoms with E-state index in [9.17, 15) is 4.79 Å². The van der Waals surface area contributed by atoms with Gasteiger partial charge in [-0.25, -0.2) is 4.98 Å². The molecule has 0 saturated carbocycles. The molecule has 0 saturated heterocycles. The maximum Gasteiger partial charge on any atom is 0.209 e.